The number of nitrogens with zero attached hydrogens (tertiary/aromatic N) is 2. The van der Waals surface area contributed by atoms with E-state index in [0.29, 0.717) is 17.8 Å². The molecule has 0 aromatic heterocycles. The van der Waals surface area contributed by atoms with Crippen LogP contribution < -0.4 is 0 Å². The highest BCUT2D eigenvalue weighted by atomic mass is 31.1. The van der Waals surface area contributed by atoms with E-state index in [1.165, 1.54) is 19.5 Å². The molecule has 0 bridgehead atoms. The van der Waals surface area contributed by atoms with Gasteiger partial charge in [0.2, 0.25) is 0 Å². The van der Waals surface area contributed by atoms with Crippen molar-refractivity contribution >= 4 is 26.4 Å². The van der Waals surface area contributed by atoms with E-state index in [9.17, 15) is 0 Å². The molecule has 2 rings (SSSR count). The molecule has 3 atom stereocenters. The van der Waals surface area contributed by atoms with Crippen molar-refractivity contribution in [3.63, 3.8) is 0 Å². The molecule has 0 amide bonds. The molecule has 0 aliphatic carbocycles. The first-order valence-electron chi connectivity index (χ1n) is 7.32. The highest BCUT2D eigenvalue weighted by molar-refractivity contribution is 7.36. The van der Waals surface area contributed by atoms with Gasteiger partial charge in [0.25, 0.3) is 0 Å². The topological polar surface area (TPSA) is 24.7 Å². The van der Waals surface area contributed by atoms with Gasteiger partial charge in [-0.2, -0.15) is 10.2 Å². The predicted octanol–water partition coefficient (Wildman–Crippen LogP) is 4.33. The summed E-state index contributed by atoms with van der Waals surface area (Å²) in [5, 5.41) is 8.59. The maximum absolute atomic E-state index is 4.34. The summed E-state index contributed by atoms with van der Waals surface area (Å²) in [4.78, 5) is 0. The number of rotatable bonds is 6. The van der Waals surface area contributed by atoms with Gasteiger partial charge < -0.3 is 0 Å². The van der Waals surface area contributed by atoms with Crippen molar-refractivity contribution in [3.05, 3.63) is 35.9 Å². The summed E-state index contributed by atoms with van der Waals surface area (Å²) < 4.78 is 0. The van der Waals surface area contributed by atoms with E-state index in [1.807, 2.05) is 0 Å². The van der Waals surface area contributed by atoms with E-state index in [-0.39, 0.29) is 0 Å². The van der Waals surface area contributed by atoms with Gasteiger partial charge in [0.05, 0.1) is 0 Å². The van der Waals surface area contributed by atoms with E-state index >= 15 is 0 Å². The lowest BCUT2D eigenvalue weighted by Crippen LogP contribution is -2.33. The SMILES string of the molecule is C=PCC1C(CC)=NN=CC1C(C)Cc1ccccc1. The summed E-state index contributed by atoms with van der Waals surface area (Å²) in [6, 6.07) is 10.7. The molecule has 3 unspecified atom stereocenters. The van der Waals surface area contributed by atoms with Gasteiger partial charge in [-0.15, -0.1) is 8.20 Å². The van der Waals surface area contributed by atoms with Crippen LogP contribution >= 0.6 is 8.20 Å². The van der Waals surface area contributed by atoms with Gasteiger partial charge in [0.15, 0.2) is 0 Å². The molecule has 0 fully saturated rings. The summed E-state index contributed by atoms with van der Waals surface area (Å²) >= 11 is 0. The summed E-state index contributed by atoms with van der Waals surface area (Å²) in [5.74, 6) is 1.57. The number of hydrogen-bond acceptors (Lipinski definition) is 2. The molecular formula is C17H23N2P. The minimum Gasteiger partial charge on any atom is -0.163 e. The third kappa shape index (κ3) is 3.64. The molecule has 20 heavy (non-hydrogen) atoms. The molecule has 2 nitrogen and oxygen atoms in total. The van der Waals surface area contributed by atoms with Crippen LogP contribution in [0.1, 0.15) is 25.8 Å². The van der Waals surface area contributed by atoms with Crippen LogP contribution in [0.3, 0.4) is 0 Å². The van der Waals surface area contributed by atoms with Gasteiger partial charge >= 0.3 is 0 Å². The Labute approximate surface area is 123 Å². The molecule has 1 aliphatic rings. The number of benzene rings is 1. The van der Waals surface area contributed by atoms with Crippen molar-refractivity contribution in [1.29, 1.82) is 0 Å². The fourth-order valence-corrected chi connectivity index (χ4v) is 3.68. The van der Waals surface area contributed by atoms with Crippen LogP contribution in [-0.2, 0) is 6.42 Å². The summed E-state index contributed by atoms with van der Waals surface area (Å²) in [7, 11) is 1.20. The third-order valence-electron chi connectivity index (χ3n) is 4.06. The lowest BCUT2D eigenvalue weighted by Gasteiger charge is -2.30. The Balaban J connectivity index is 2.11. The molecular weight excluding hydrogens is 263 g/mol. The van der Waals surface area contributed by atoms with Crippen LogP contribution in [0, 0.1) is 17.8 Å². The molecule has 3 heteroatoms. The molecule has 0 N–H and O–H groups in total. The number of hydrogen-bond donors (Lipinski definition) is 0. The Bertz CT molecular complexity index is 493. The van der Waals surface area contributed by atoms with Gasteiger partial charge in [-0.25, -0.2) is 0 Å². The van der Waals surface area contributed by atoms with E-state index in [0.717, 1.165) is 19.0 Å². The molecule has 1 aromatic rings. The van der Waals surface area contributed by atoms with Crippen LogP contribution in [0.25, 0.3) is 0 Å². The second-order valence-corrected chi connectivity index (χ2v) is 6.28. The quantitative estimate of drug-likeness (QED) is 0.696. The Morgan fingerprint density at radius 3 is 2.70 bits per heavy atom. The van der Waals surface area contributed by atoms with Crippen LogP contribution in [0.15, 0.2) is 40.5 Å². The van der Waals surface area contributed by atoms with E-state index in [2.05, 4.69) is 66.9 Å². The van der Waals surface area contributed by atoms with Crippen molar-refractivity contribution in [3.8, 4) is 0 Å². The third-order valence-corrected chi connectivity index (χ3v) is 4.71. The molecule has 1 aliphatic heterocycles. The molecule has 0 saturated heterocycles. The lowest BCUT2D eigenvalue weighted by molar-refractivity contribution is 0.398. The van der Waals surface area contributed by atoms with Crippen molar-refractivity contribution in [2.45, 2.75) is 26.7 Å². The monoisotopic (exact) mass is 286 g/mol. The van der Waals surface area contributed by atoms with Gasteiger partial charge in [-0.05, 0) is 30.5 Å². The van der Waals surface area contributed by atoms with Gasteiger partial charge in [0, 0.05) is 23.8 Å². The van der Waals surface area contributed by atoms with E-state index in [4.69, 9.17) is 0 Å². The van der Waals surface area contributed by atoms with Crippen molar-refractivity contribution in [1.82, 2.24) is 0 Å². The smallest absolute Gasteiger partial charge is 0.0447 e. The van der Waals surface area contributed by atoms with Crippen LogP contribution in [0.4, 0.5) is 0 Å². The maximum Gasteiger partial charge on any atom is 0.0447 e. The first kappa shape index (κ1) is 15.1. The summed E-state index contributed by atoms with van der Waals surface area (Å²) in [6.45, 7) is 4.50. The second-order valence-electron chi connectivity index (χ2n) is 5.47. The molecule has 0 saturated carbocycles. The molecule has 1 heterocycles. The zero-order chi connectivity index (χ0) is 14.4. The minimum absolute atomic E-state index is 0.483. The van der Waals surface area contributed by atoms with Crippen LogP contribution in [-0.4, -0.2) is 24.4 Å². The van der Waals surface area contributed by atoms with Crippen molar-refractivity contribution in [2.24, 2.45) is 28.0 Å². The lowest BCUT2D eigenvalue weighted by atomic mass is 9.78. The van der Waals surface area contributed by atoms with Crippen molar-refractivity contribution in [2.75, 3.05) is 6.16 Å². The summed E-state index contributed by atoms with van der Waals surface area (Å²) in [5.41, 5.74) is 2.65. The van der Waals surface area contributed by atoms with Gasteiger partial charge in [0.1, 0.15) is 0 Å². The molecule has 0 spiro atoms. The minimum atomic E-state index is 0.483. The molecule has 106 valence electrons. The van der Waals surface area contributed by atoms with Crippen LogP contribution in [0.5, 0.6) is 0 Å². The first-order chi connectivity index (χ1) is 9.76. The molecule has 0 radical (unpaired) electrons. The standard InChI is InChI=1S/C17H23N2P/c1-4-17-16(12-20-3)15(11-18-19-17)13(2)10-14-8-6-5-7-9-14/h5-9,11,13,15-16H,3-4,10,12H2,1-2H3. The summed E-state index contributed by atoms with van der Waals surface area (Å²) in [6.07, 6.45) is 9.23. The van der Waals surface area contributed by atoms with Gasteiger partial charge in [-0.3, -0.25) is 0 Å². The van der Waals surface area contributed by atoms with Crippen molar-refractivity contribution < 1.29 is 0 Å². The zero-order valence-corrected chi connectivity index (χ0v) is 13.3. The Hall–Kier alpha value is -1.27. The van der Waals surface area contributed by atoms with Gasteiger partial charge in [-0.1, -0.05) is 50.5 Å². The van der Waals surface area contributed by atoms with E-state index < -0.39 is 0 Å². The molecule has 1 aromatic carbocycles. The Morgan fingerprint density at radius 2 is 2.05 bits per heavy atom. The average Bonchev–Trinajstić information content (AvgIpc) is 2.48. The van der Waals surface area contributed by atoms with E-state index in [1.54, 1.807) is 0 Å². The second kappa shape index (κ2) is 7.50. The first-order valence-corrected chi connectivity index (χ1v) is 8.59. The maximum atomic E-state index is 4.34. The zero-order valence-electron chi connectivity index (χ0n) is 12.4. The predicted molar refractivity (Wildman–Crippen MR) is 91.4 cm³/mol. The fourth-order valence-electron chi connectivity index (χ4n) is 2.95. The highest BCUT2D eigenvalue weighted by Crippen LogP contribution is 2.30. The fraction of sp³-hybridized carbons (Fsp3) is 0.471. The normalized spacial score (nSPS) is 23.6. The largest absolute Gasteiger partial charge is 0.163 e. The Kier molecular flexibility index (Phi) is 5.67. The van der Waals surface area contributed by atoms with Crippen LogP contribution in [0.2, 0.25) is 0 Å². The average molecular weight is 286 g/mol. The Morgan fingerprint density at radius 1 is 1.30 bits per heavy atom. The highest BCUT2D eigenvalue weighted by Gasteiger charge is 2.30.